The van der Waals surface area contributed by atoms with Crippen LogP contribution in [0.3, 0.4) is 0 Å². The smallest absolute Gasteiger partial charge is 0.134 e. The summed E-state index contributed by atoms with van der Waals surface area (Å²) in [4.78, 5) is 11.7. The maximum Gasteiger partial charge on any atom is 0.134 e. The normalized spacial score (nSPS) is 20.0. The Morgan fingerprint density at radius 2 is 2.41 bits per heavy atom. The predicted octanol–water partition coefficient (Wildman–Crippen LogP) is 2.99. The third-order valence-corrected chi connectivity index (χ3v) is 4.87. The number of aliphatic imine (C=N–C) groups is 1. The van der Waals surface area contributed by atoms with E-state index in [1.807, 2.05) is 19.2 Å². The van der Waals surface area contributed by atoms with Gasteiger partial charge in [-0.3, -0.25) is 9.98 Å². The van der Waals surface area contributed by atoms with Crippen molar-refractivity contribution in [1.29, 1.82) is 0 Å². The molecular formula is C17H25N3OS. The molecule has 0 amide bonds. The van der Waals surface area contributed by atoms with Gasteiger partial charge in [0.1, 0.15) is 5.75 Å². The minimum atomic E-state index is 0.252. The van der Waals surface area contributed by atoms with Crippen molar-refractivity contribution in [2.75, 3.05) is 26.2 Å². The summed E-state index contributed by atoms with van der Waals surface area (Å²) < 4.78 is 0. The molecule has 1 fully saturated rings. The Kier molecular flexibility index (Phi) is 6.46. The lowest BCUT2D eigenvalue weighted by molar-refractivity contribution is 0.325. The Morgan fingerprint density at radius 3 is 3.09 bits per heavy atom. The highest BCUT2D eigenvalue weighted by atomic mass is 32.2. The fourth-order valence-electron chi connectivity index (χ4n) is 3.01. The van der Waals surface area contributed by atoms with E-state index in [-0.39, 0.29) is 5.75 Å². The molecule has 1 aromatic heterocycles. The minimum Gasteiger partial charge on any atom is -0.506 e. The van der Waals surface area contributed by atoms with Gasteiger partial charge in [-0.25, -0.2) is 0 Å². The lowest BCUT2D eigenvalue weighted by Gasteiger charge is -2.22. The molecule has 0 saturated carbocycles. The number of allylic oxidation sites excluding steroid dienone is 1. The second kappa shape index (κ2) is 8.34. The first kappa shape index (κ1) is 17.0. The molecule has 2 rings (SSSR count). The predicted molar refractivity (Wildman–Crippen MR) is 94.8 cm³/mol. The Labute approximate surface area is 137 Å². The molecule has 2 heterocycles. The van der Waals surface area contributed by atoms with Crippen molar-refractivity contribution in [3.63, 3.8) is 0 Å². The molecule has 0 bridgehead atoms. The van der Waals surface area contributed by atoms with Crippen LogP contribution in [0.1, 0.15) is 18.9 Å². The van der Waals surface area contributed by atoms with Gasteiger partial charge in [0.25, 0.3) is 0 Å². The van der Waals surface area contributed by atoms with E-state index in [1.54, 1.807) is 11.8 Å². The SMILES string of the molecule is C=NCC(CN1CCC(Cc2cncc(O)c2)C1)SC(=C)C. The van der Waals surface area contributed by atoms with Crippen LogP contribution in [-0.2, 0) is 6.42 Å². The Morgan fingerprint density at radius 1 is 1.59 bits per heavy atom. The summed E-state index contributed by atoms with van der Waals surface area (Å²) in [5.41, 5.74) is 1.12. The molecule has 0 spiro atoms. The van der Waals surface area contributed by atoms with Gasteiger partial charge >= 0.3 is 0 Å². The highest BCUT2D eigenvalue weighted by Gasteiger charge is 2.25. The van der Waals surface area contributed by atoms with E-state index in [0.717, 1.165) is 43.1 Å². The van der Waals surface area contributed by atoms with Crippen LogP contribution in [-0.4, -0.2) is 53.1 Å². The van der Waals surface area contributed by atoms with E-state index in [2.05, 4.69) is 28.2 Å². The monoisotopic (exact) mass is 319 g/mol. The van der Waals surface area contributed by atoms with Crippen LogP contribution in [0.4, 0.5) is 0 Å². The summed E-state index contributed by atoms with van der Waals surface area (Å²) in [6.07, 6.45) is 5.51. The van der Waals surface area contributed by atoms with E-state index in [0.29, 0.717) is 11.2 Å². The van der Waals surface area contributed by atoms with E-state index in [9.17, 15) is 5.11 Å². The third kappa shape index (κ3) is 5.46. The van der Waals surface area contributed by atoms with Gasteiger partial charge in [0.2, 0.25) is 0 Å². The second-order valence-electron chi connectivity index (χ2n) is 6.02. The summed E-state index contributed by atoms with van der Waals surface area (Å²) >= 11 is 1.81. The summed E-state index contributed by atoms with van der Waals surface area (Å²) in [7, 11) is 0. The van der Waals surface area contributed by atoms with Gasteiger partial charge in [-0.1, -0.05) is 6.58 Å². The Hall–Kier alpha value is -1.33. The molecule has 0 aromatic carbocycles. The maximum atomic E-state index is 9.50. The zero-order chi connectivity index (χ0) is 15.9. The average Bonchev–Trinajstić information content (AvgIpc) is 2.85. The number of likely N-dealkylation sites (tertiary alicyclic amines) is 1. The number of thioether (sulfide) groups is 1. The lowest BCUT2D eigenvalue weighted by Crippen LogP contribution is -2.31. The van der Waals surface area contributed by atoms with Gasteiger partial charge in [0.05, 0.1) is 12.7 Å². The third-order valence-electron chi connectivity index (χ3n) is 3.84. The summed E-state index contributed by atoms with van der Waals surface area (Å²) in [5.74, 6) is 0.887. The van der Waals surface area contributed by atoms with Gasteiger partial charge in [-0.05, 0) is 55.5 Å². The van der Waals surface area contributed by atoms with Crippen LogP contribution in [0.15, 0.2) is 34.9 Å². The Bertz CT molecular complexity index is 520. The van der Waals surface area contributed by atoms with Gasteiger partial charge in [-0.2, -0.15) is 0 Å². The second-order valence-corrected chi connectivity index (χ2v) is 7.62. The molecule has 1 N–H and O–H groups in total. The van der Waals surface area contributed by atoms with Crippen molar-refractivity contribution in [2.45, 2.75) is 25.0 Å². The number of aromatic nitrogens is 1. The van der Waals surface area contributed by atoms with E-state index < -0.39 is 0 Å². The van der Waals surface area contributed by atoms with Gasteiger partial charge < -0.3 is 10.0 Å². The molecular weight excluding hydrogens is 294 g/mol. The number of pyridine rings is 1. The number of nitrogens with zero attached hydrogens (tertiary/aromatic N) is 3. The maximum absolute atomic E-state index is 9.50. The van der Waals surface area contributed by atoms with Crippen LogP contribution < -0.4 is 0 Å². The van der Waals surface area contributed by atoms with E-state index >= 15 is 0 Å². The minimum absolute atomic E-state index is 0.252. The quantitative estimate of drug-likeness (QED) is 0.748. The first-order valence-electron chi connectivity index (χ1n) is 7.66. The molecule has 1 aliphatic heterocycles. The molecule has 0 radical (unpaired) electrons. The van der Waals surface area contributed by atoms with Crippen molar-refractivity contribution < 1.29 is 5.11 Å². The molecule has 1 aliphatic rings. The number of hydrogen-bond donors (Lipinski definition) is 1. The van der Waals surface area contributed by atoms with Crippen LogP contribution in [0.25, 0.3) is 0 Å². The van der Waals surface area contributed by atoms with Crippen LogP contribution in [0.2, 0.25) is 0 Å². The van der Waals surface area contributed by atoms with Gasteiger partial charge in [0, 0.05) is 24.5 Å². The first-order valence-corrected chi connectivity index (χ1v) is 8.54. The number of aromatic hydroxyl groups is 1. The number of rotatable bonds is 8. The lowest BCUT2D eigenvalue weighted by atomic mass is 10.00. The number of hydrogen-bond acceptors (Lipinski definition) is 5. The van der Waals surface area contributed by atoms with Gasteiger partial charge in [-0.15, -0.1) is 11.8 Å². The standard InChI is InChI=1S/C17H25N3OS/c1-13(2)22-17(10-18-3)12-20-5-4-14(11-20)6-15-7-16(21)9-19-8-15/h7-9,14,17,21H,1,3-6,10-12H2,2H3. The Balaban J connectivity index is 1.83. The molecule has 1 aromatic rings. The van der Waals surface area contributed by atoms with Crippen molar-refractivity contribution in [3.05, 3.63) is 35.5 Å². The van der Waals surface area contributed by atoms with Crippen molar-refractivity contribution in [3.8, 4) is 5.75 Å². The molecule has 0 aliphatic carbocycles. The summed E-state index contributed by atoms with van der Waals surface area (Å²) in [6.45, 7) is 13.7. The summed E-state index contributed by atoms with van der Waals surface area (Å²) in [6, 6.07) is 1.82. The topological polar surface area (TPSA) is 48.7 Å². The fourth-order valence-corrected chi connectivity index (χ4v) is 4.05. The van der Waals surface area contributed by atoms with Crippen molar-refractivity contribution >= 4 is 18.5 Å². The molecule has 1 saturated heterocycles. The van der Waals surface area contributed by atoms with E-state index in [4.69, 9.17) is 0 Å². The molecule has 22 heavy (non-hydrogen) atoms. The average molecular weight is 319 g/mol. The molecule has 120 valence electrons. The van der Waals surface area contributed by atoms with Crippen LogP contribution >= 0.6 is 11.8 Å². The fraction of sp³-hybridized carbons (Fsp3) is 0.529. The zero-order valence-electron chi connectivity index (χ0n) is 13.2. The largest absolute Gasteiger partial charge is 0.506 e. The molecule has 5 heteroatoms. The summed E-state index contributed by atoms with van der Waals surface area (Å²) in [5, 5.41) is 9.94. The highest BCUT2D eigenvalue weighted by Crippen LogP contribution is 2.26. The van der Waals surface area contributed by atoms with E-state index in [1.165, 1.54) is 12.6 Å². The molecule has 4 nitrogen and oxygen atoms in total. The zero-order valence-corrected chi connectivity index (χ0v) is 14.1. The van der Waals surface area contributed by atoms with Gasteiger partial charge in [0.15, 0.2) is 0 Å². The first-order chi connectivity index (χ1) is 10.6. The molecule has 2 unspecified atom stereocenters. The van der Waals surface area contributed by atoms with Crippen LogP contribution in [0.5, 0.6) is 5.75 Å². The highest BCUT2D eigenvalue weighted by molar-refractivity contribution is 8.03. The van der Waals surface area contributed by atoms with Crippen molar-refractivity contribution in [1.82, 2.24) is 9.88 Å². The van der Waals surface area contributed by atoms with Crippen molar-refractivity contribution in [2.24, 2.45) is 10.9 Å². The molecule has 2 atom stereocenters. The van der Waals surface area contributed by atoms with Crippen LogP contribution in [0, 0.1) is 5.92 Å².